The number of benzene rings is 2. The molecule has 0 spiro atoms. The minimum atomic E-state index is 0.475. The minimum absolute atomic E-state index is 0.475. The molecule has 0 fully saturated rings. The summed E-state index contributed by atoms with van der Waals surface area (Å²) >= 11 is 0. The fourth-order valence-corrected chi connectivity index (χ4v) is 3.83. The number of aromatic nitrogens is 3. The summed E-state index contributed by atoms with van der Waals surface area (Å²) < 4.78 is 10.9. The van der Waals surface area contributed by atoms with Crippen LogP contribution < -0.4 is 4.90 Å². The van der Waals surface area contributed by atoms with Crippen LogP contribution in [0, 0.1) is 0 Å². The van der Waals surface area contributed by atoms with Gasteiger partial charge in [-0.2, -0.15) is 0 Å². The average Bonchev–Trinajstić information content (AvgIpc) is 3.17. The Labute approximate surface area is 162 Å². The molecule has 0 bridgehead atoms. The van der Waals surface area contributed by atoms with Crippen LogP contribution >= 0.6 is 0 Å². The molecular formula is C22H20N4O2. The highest BCUT2D eigenvalue weighted by Gasteiger charge is 2.26. The Morgan fingerprint density at radius 3 is 2.93 bits per heavy atom. The van der Waals surface area contributed by atoms with E-state index in [0.717, 1.165) is 47.1 Å². The Morgan fingerprint density at radius 1 is 1.11 bits per heavy atom. The van der Waals surface area contributed by atoms with E-state index in [9.17, 15) is 0 Å². The summed E-state index contributed by atoms with van der Waals surface area (Å²) in [5.41, 5.74) is 4.03. The summed E-state index contributed by atoms with van der Waals surface area (Å²) in [5, 5.41) is 6.82. The third-order valence-electron chi connectivity index (χ3n) is 5.20. The van der Waals surface area contributed by atoms with Crippen molar-refractivity contribution in [3.05, 3.63) is 71.9 Å². The minimum Gasteiger partial charge on any atom is -0.378 e. The highest BCUT2D eigenvalue weighted by molar-refractivity contribution is 5.96. The molecular weight excluding hydrogens is 352 g/mol. The first kappa shape index (κ1) is 16.9. The van der Waals surface area contributed by atoms with Gasteiger partial charge in [0, 0.05) is 37.3 Å². The molecule has 3 heterocycles. The molecule has 140 valence electrons. The summed E-state index contributed by atoms with van der Waals surface area (Å²) in [6, 6.07) is 16.7. The van der Waals surface area contributed by atoms with Crippen molar-refractivity contribution in [2.75, 3.05) is 18.6 Å². The fraction of sp³-hybridized carbons (Fsp3) is 0.227. The number of hydrogen-bond acceptors (Lipinski definition) is 6. The van der Waals surface area contributed by atoms with Crippen molar-refractivity contribution < 1.29 is 9.26 Å². The lowest BCUT2D eigenvalue weighted by Crippen LogP contribution is -2.30. The van der Waals surface area contributed by atoms with Gasteiger partial charge in [-0.3, -0.25) is 0 Å². The maximum Gasteiger partial charge on any atom is 0.144 e. The number of ether oxygens (including phenoxy) is 1. The van der Waals surface area contributed by atoms with Gasteiger partial charge < -0.3 is 14.2 Å². The van der Waals surface area contributed by atoms with E-state index in [-0.39, 0.29) is 0 Å². The van der Waals surface area contributed by atoms with Crippen molar-refractivity contribution in [2.45, 2.75) is 19.6 Å². The highest BCUT2D eigenvalue weighted by Crippen LogP contribution is 2.35. The van der Waals surface area contributed by atoms with Gasteiger partial charge >= 0.3 is 0 Å². The molecule has 0 N–H and O–H groups in total. The highest BCUT2D eigenvalue weighted by atomic mass is 16.5. The first-order valence-electron chi connectivity index (χ1n) is 9.34. The quantitative estimate of drug-likeness (QED) is 0.540. The lowest BCUT2D eigenvalue weighted by atomic mass is 9.97. The number of fused-ring (bicyclic) bond motifs is 2. The molecule has 0 radical (unpaired) electrons. The molecule has 1 aliphatic heterocycles. The number of methoxy groups -OCH3 is 1. The van der Waals surface area contributed by atoms with Crippen molar-refractivity contribution in [3.63, 3.8) is 0 Å². The second kappa shape index (κ2) is 7.05. The van der Waals surface area contributed by atoms with Crippen molar-refractivity contribution in [3.8, 4) is 11.3 Å². The summed E-state index contributed by atoms with van der Waals surface area (Å²) in [6.45, 7) is 2.02. The molecule has 0 unspecified atom stereocenters. The molecule has 2 aromatic heterocycles. The standard InChI is InChI=1S/C22H20N4O2/c1-27-13-16-11-21(24-14-23-16)26-10-9-20-19(12-26)22(25-28-20)18-8-4-6-15-5-2-3-7-17(15)18/h2-8,11,14H,9-10,12-13H2,1H3. The lowest BCUT2D eigenvalue weighted by Gasteiger charge is -2.27. The molecule has 6 heteroatoms. The van der Waals surface area contributed by atoms with Crippen LogP contribution in [-0.4, -0.2) is 28.8 Å². The maximum atomic E-state index is 5.71. The van der Waals surface area contributed by atoms with Crippen LogP contribution in [0.5, 0.6) is 0 Å². The molecule has 0 saturated carbocycles. The van der Waals surface area contributed by atoms with Gasteiger partial charge in [0.2, 0.25) is 0 Å². The molecule has 2 aromatic carbocycles. The summed E-state index contributed by atoms with van der Waals surface area (Å²) in [4.78, 5) is 11.0. The van der Waals surface area contributed by atoms with E-state index in [0.29, 0.717) is 13.2 Å². The third-order valence-corrected chi connectivity index (χ3v) is 5.20. The van der Waals surface area contributed by atoms with Crippen LogP contribution in [-0.2, 0) is 24.3 Å². The summed E-state index contributed by atoms with van der Waals surface area (Å²) in [6.07, 6.45) is 2.40. The van der Waals surface area contributed by atoms with E-state index in [1.807, 2.05) is 6.07 Å². The van der Waals surface area contributed by atoms with E-state index in [2.05, 4.69) is 62.5 Å². The lowest BCUT2D eigenvalue weighted by molar-refractivity contribution is 0.181. The van der Waals surface area contributed by atoms with Gasteiger partial charge in [-0.1, -0.05) is 47.6 Å². The SMILES string of the molecule is COCc1cc(N2CCc3onc(-c4cccc5ccccc45)c3C2)ncn1. The van der Waals surface area contributed by atoms with Gasteiger partial charge in [-0.05, 0) is 10.8 Å². The van der Waals surface area contributed by atoms with Crippen LogP contribution in [0.3, 0.4) is 0 Å². The largest absolute Gasteiger partial charge is 0.378 e. The van der Waals surface area contributed by atoms with E-state index in [1.54, 1.807) is 13.4 Å². The Kier molecular flexibility index (Phi) is 4.25. The predicted octanol–water partition coefficient (Wildman–Crippen LogP) is 3.99. The van der Waals surface area contributed by atoms with Gasteiger partial charge in [0.05, 0.1) is 18.8 Å². The van der Waals surface area contributed by atoms with Crippen LogP contribution in [0.15, 0.2) is 59.4 Å². The van der Waals surface area contributed by atoms with Gasteiger partial charge in [0.1, 0.15) is 23.6 Å². The summed E-state index contributed by atoms with van der Waals surface area (Å²) in [7, 11) is 1.67. The van der Waals surface area contributed by atoms with Gasteiger partial charge in [-0.15, -0.1) is 0 Å². The van der Waals surface area contributed by atoms with E-state index in [1.165, 1.54) is 10.8 Å². The van der Waals surface area contributed by atoms with Gasteiger partial charge in [0.25, 0.3) is 0 Å². The second-order valence-corrected chi connectivity index (χ2v) is 6.93. The maximum absolute atomic E-state index is 5.71. The van der Waals surface area contributed by atoms with Gasteiger partial charge in [0.15, 0.2) is 0 Å². The normalized spacial score (nSPS) is 13.7. The van der Waals surface area contributed by atoms with Crippen molar-refractivity contribution >= 4 is 16.6 Å². The molecule has 5 rings (SSSR count). The number of hydrogen-bond donors (Lipinski definition) is 0. The van der Waals surface area contributed by atoms with Crippen LogP contribution in [0.1, 0.15) is 17.0 Å². The first-order chi connectivity index (χ1) is 13.8. The average molecular weight is 372 g/mol. The zero-order chi connectivity index (χ0) is 18.9. The van der Waals surface area contributed by atoms with Crippen LogP contribution in [0.25, 0.3) is 22.0 Å². The van der Waals surface area contributed by atoms with Crippen molar-refractivity contribution in [1.29, 1.82) is 0 Å². The second-order valence-electron chi connectivity index (χ2n) is 6.93. The Bertz CT molecular complexity index is 1130. The zero-order valence-electron chi connectivity index (χ0n) is 15.6. The summed E-state index contributed by atoms with van der Waals surface area (Å²) in [5.74, 6) is 1.86. The monoisotopic (exact) mass is 372 g/mol. The Balaban J connectivity index is 1.53. The molecule has 0 atom stereocenters. The molecule has 1 aliphatic rings. The Hall–Kier alpha value is -3.25. The van der Waals surface area contributed by atoms with E-state index >= 15 is 0 Å². The third kappa shape index (κ3) is 2.92. The topological polar surface area (TPSA) is 64.3 Å². The van der Waals surface area contributed by atoms with Crippen molar-refractivity contribution in [2.24, 2.45) is 0 Å². The van der Waals surface area contributed by atoms with E-state index in [4.69, 9.17) is 9.26 Å². The molecule has 0 aliphatic carbocycles. The predicted molar refractivity (Wildman–Crippen MR) is 107 cm³/mol. The molecule has 0 saturated heterocycles. The molecule has 0 amide bonds. The van der Waals surface area contributed by atoms with Crippen molar-refractivity contribution in [1.82, 2.24) is 15.1 Å². The van der Waals surface area contributed by atoms with Crippen LogP contribution in [0.4, 0.5) is 5.82 Å². The molecule has 4 aromatic rings. The fourth-order valence-electron chi connectivity index (χ4n) is 3.83. The van der Waals surface area contributed by atoms with Gasteiger partial charge in [-0.25, -0.2) is 9.97 Å². The van der Waals surface area contributed by atoms with Crippen LogP contribution in [0.2, 0.25) is 0 Å². The van der Waals surface area contributed by atoms with E-state index < -0.39 is 0 Å². The first-order valence-corrected chi connectivity index (χ1v) is 9.34. The smallest absolute Gasteiger partial charge is 0.144 e. The Morgan fingerprint density at radius 2 is 2.00 bits per heavy atom. The molecule has 28 heavy (non-hydrogen) atoms. The number of anilines is 1. The molecule has 6 nitrogen and oxygen atoms in total. The number of nitrogens with zero attached hydrogens (tertiary/aromatic N) is 4. The number of rotatable bonds is 4. The zero-order valence-corrected chi connectivity index (χ0v) is 15.6.